The minimum Gasteiger partial charge on any atom is -0.480 e. The first-order chi connectivity index (χ1) is 10.6. The minimum atomic E-state index is -4.09. The summed E-state index contributed by atoms with van der Waals surface area (Å²) < 4.78 is 40.0. The van der Waals surface area contributed by atoms with Gasteiger partial charge in [-0.2, -0.15) is 4.31 Å². The second kappa shape index (κ2) is 6.18. The van der Waals surface area contributed by atoms with Crippen LogP contribution in [0.15, 0.2) is 29.2 Å². The number of nitrogens with zero attached hydrogens (tertiary/aromatic N) is 2. The summed E-state index contributed by atoms with van der Waals surface area (Å²) in [6.07, 6.45) is 0.689. The standard InChI is InChI=1S/C15H21FN2O4S/c1-15(14(19)20)10-12(17(2)3)7-8-18(15)23(21,22)13-6-4-5-11(16)9-13/h4-6,9,12H,7-8,10H2,1-3H3,(H,19,20). The molecule has 1 N–H and O–H groups in total. The van der Waals surface area contributed by atoms with E-state index < -0.39 is 27.3 Å². The predicted octanol–water partition coefficient (Wildman–Crippen LogP) is 1.38. The lowest BCUT2D eigenvalue weighted by molar-refractivity contribution is -0.150. The van der Waals surface area contributed by atoms with E-state index in [4.69, 9.17) is 0 Å². The van der Waals surface area contributed by atoms with Gasteiger partial charge in [0.2, 0.25) is 10.0 Å². The van der Waals surface area contributed by atoms with Gasteiger partial charge in [0.15, 0.2) is 0 Å². The first-order valence-electron chi connectivity index (χ1n) is 7.27. The van der Waals surface area contributed by atoms with E-state index in [0.717, 1.165) is 16.4 Å². The average Bonchev–Trinajstić information content (AvgIpc) is 2.46. The molecule has 0 spiro atoms. The highest BCUT2D eigenvalue weighted by molar-refractivity contribution is 7.89. The average molecular weight is 344 g/mol. The van der Waals surface area contributed by atoms with Crippen LogP contribution in [0.3, 0.4) is 0 Å². The fourth-order valence-corrected chi connectivity index (χ4v) is 4.75. The molecule has 128 valence electrons. The summed E-state index contributed by atoms with van der Waals surface area (Å²) in [6, 6.07) is 4.60. The Kier molecular flexibility index (Phi) is 4.79. The molecular weight excluding hydrogens is 323 g/mol. The van der Waals surface area contributed by atoms with Crippen molar-refractivity contribution >= 4 is 16.0 Å². The van der Waals surface area contributed by atoms with Crippen LogP contribution in [0, 0.1) is 5.82 Å². The molecule has 2 atom stereocenters. The second-order valence-electron chi connectivity index (χ2n) is 6.22. The quantitative estimate of drug-likeness (QED) is 0.893. The first kappa shape index (κ1) is 17.8. The van der Waals surface area contributed by atoms with Gasteiger partial charge in [-0.15, -0.1) is 0 Å². The highest BCUT2D eigenvalue weighted by Gasteiger charge is 2.50. The van der Waals surface area contributed by atoms with Crippen molar-refractivity contribution in [3.8, 4) is 0 Å². The van der Waals surface area contributed by atoms with Crippen LogP contribution in [-0.4, -0.2) is 60.9 Å². The molecular formula is C15H21FN2O4S. The van der Waals surface area contributed by atoms with Gasteiger partial charge in [-0.1, -0.05) is 6.07 Å². The third kappa shape index (κ3) is 3.24. The Morgan fingerprint density at radius 1 is 1.43 bits per heavy atom. The summed E-state index contributed by atoms with van der Waals surface area (Å²) in [5.41, 5.74) is -1.57. The molecule has 2 unspecified atom stereocenters. The third-order valence-corrected chi connectivity index (χ3v) is 6.44. The number of carboxylic acids is 1. The second-order valence-corrected chi connectivity index (χ2v) is 8.09. The van der Waals surface area contributed by atoms with Crippen molar-refractivity contribution in [3.63, 3.8) is 0 Å². The zero-order valence-corrected chi connectivity index (χ0v) is 14.2. The Morgan fingerprint density at radius 2 is 2.09 bits per heavy atom. The monoisotopic (exact) mass is 344 g/mol. The maximum Gasteiger partial charge on any atom is 0.324 e. The fraction of sp³-hybridized carbons (Fsp3) is 0.533. The summed E-state index contributed by atoms with van der Waals surface area (Å²) in [4.78, 5) is 13.5. The van der Waals surface area contributed by atoms with Gasteiger partial charge in [0, 0.05) is 12.6 Å². The maximum absolute atomic E-state index is 13.4. The van der Waals surface area contributed by atoms with Crippen LogP contribution in [0.5, 0.6) is 0 Å². The van der Waals surface area contributed by atoms with Gasteiger partial charge in [0.1, 0.15) is 11.4 Å². The molecule has 8 heteroatoms. The van der Waals surface area contributed by atoms with E-state index in [2.05, 4.69) is 0 Å². The van der Waals surface area contributed by atoms with Crippen LogP contribution in [0.1, 0.15) is 19.8 Å². The van der Waals surface area contributed by atoms with Crippen LogP contribution in [0.4, 0.5) is 4.39 Å². The third-order valence-electron chi connectivity index (χ3n) is 4.42. The van der Waals surface area contributed by atoms with Crippen molar-refractivity contribution < 1.29 is 22.7 Å². The van der Waals surface area contributed by atoms with E-state index in [9.17, 15) is 22.7 Å². The Balaban J connectivity index is 2.46. The lowest BCUT2D eigenvalue weighted by Gasteiger charge is -2.45. The lowest BCUT2D eigenvalue weighted by atomic mass is 9.87. The zero-order chi connectivity index (χ0) is 17.4. The van der Waals surface area contributed by atoms with Crippen molar-refractivity contribution in [1.29, 1.82) is 0 Å². The number of hydrogen-bond donors (Lipinski definition) is 1. The van der Waals surface area contributed by atoms with Crippen LogP contribution < -0.4 is 0 Å². The highest BCUT2D eigenvalue weighted by Crippen LogP contribution is 2.35. The number of carbonyl (C=O) groups is 1. The Hall–Kier alpha value is -1.51. The molecule has 1 aromatic carbocycles. The Morgan fingerprint density at radius 3 is 2.61 bits per heavy atom. The molecule has 0 saturated carbocycles. The molecule has 1 saturated heterocycles. The SMILES string of the molecule is CN(C)C1CCN(S(=O)(=O)c2cccc(F)c2)C(C)(C(=O)O)C1. The number of sulfonamides is 1. The van der Waals surface area contributed by atoms with Gasteiger partial charge >= 0.3 is 5.97 Å². The number of rotatable bonds is 4. The largest absolute Gasteiger partial charge is 0.480 e. The molecule has 23 heavy (non-hydrogen) atoms. The van der Waals surface area contributed by atoms with E-state index in [1.165, 1.54) is 19.1 Å². The Labute approximate surface area is 135 Å². The van der Waals surface area contributed by atoms with Crippen molar-refractivity contribution in [2.24, 2.45) is 0 Å². The molecule has 1 fully saturated rings. The highest BCUT2D eigenvalue weighted by atomic mass is 32.2. The lowest BCUT2D eigenvalue weighted by Crippen LogP contribution is -2.61. The van der Waals surface area contributed by atoms with E-state index in [0.29, 0.717) is 6.42 Å². The van der Waals surface area contributed by atoms with E-state index in [-0.39, 0.29) is 23.9 Å². The van der Waals surface area contributed by atoms with Gasteiger partial charge in [-0.05, 0) is 52.1 Å². The van der Waals surface area contributed by atoms with Crippen LogP contribution in [0.25, 0.3) is 0 Å². The van der Waals surface area contributed by atoms with Gasteiger partial charge in [-0.3, -0.25) is 4.79 Å². The van der Waals surface area contributed by atoms with Crippen LogP contribution >= 0.6 is 0 Å². The van der Waals surface area contributed by atoms with Crippen LogP contribution in [-0.2, 0) is 14.8 Å². The number of halogens is 1. The molecule has 2 rings (SSSR count). The van der Waals surface area contributed by atoms with E-state index in [1.807, 2.05) is 19.0 Å². The number of benzene rings is 1. The van der Waals surface area contributed by atoms with E-state index in [1.54, 1.807) is 0 Å². The fourth-order valence-electron chi connectivity index (χ4n) is 2.95. The summed E-state index contributed by atoms with van der Waals surface area (Å²) in [6.45, 7) is 1.48. The summed E-state index contributed by atoms with van der Waals surface area (Å²) >= 11 is 0. The van der Waals surface area contributed by atoms with Crippen molar-refractivity contribution in [2.75, 3.05) is 20.6 Å². The molecule has 1 aliphatic heterocycles. The normalized spacial score (nSPS) is 26.4. The molecule has 0 aliphatic carbocycles. The topological polar surface area (TPSA) is 77.9 Å². The number of carboxylic acid groups (broad SMARTS) is 1. The van der Waals surface area contributed by atoms with E-state index >= 15 is 0 Å². The van der Waals surface area contributed by atoms with Gasteiger partial charge in [-0.25, -0.2) is 12.8 Å². The zero-order valence-electron chi connectivity index (χ0n) is 13.4. The smallest absolute Gasteiger partial charge is 0.324 e. The van der Waals surface area contributed by atoms with Gasteiger partial charge in [0.05, 0.1) is 4.90 Å². The summed E-state index contributed by atoms with van der Waals surface area (Å²) in [5, 5.41) is 9.63. The number of piperidine rings is 1. The summed E-state index contributed by atoms with van der Waals surface area (Å²) in [7, 11) is -0.418. The number of aliphatic carboxylic acids is 1. The molecule has 0 amide bonds. The molecule has 0 radical (unpaired) electrons. The van der Waals surface area contributed by atoms with Crippen LogP contribution in [0.2, 0.25) is 0 Å². The van der Waals surface area contributed by atoms with Gasteiger partial charge < -0.3 is 10.0 Å². The molecule has 6 nitrogen and oxygen atoms in total. The van der Waals surface area contributed by atoms with Gasteiger partial charge in [0.25, 0.3) is 0 Å². The summed E-state index contributed by atoms with van der Waals surface area (Å²) in [5.74, 6) is -1.88. The molecule has 1 heterocycles. The number of hydrogen-bond acceptors (Lipinski definition) is 4. The van der Waals surface area contributed by atoms with Crippen molar-refractivity contribution in [2.45, 2.75) is 36.2 Å². The molecule has 0 bridgehead atoms. The van der Waals surface area contributed by atoms with Crippen molar-refractivity contribution in [1.82, 2.24) is 9.21 Å². The molecule has 1 aromatic rings. The molecule has 1 aliphatic rings. The predicted molar refractivity (Wildman–Crippen MR) is 83.0 cm³/mol. The molecule has 0 aromatic heterocycles. The maximum atomic E-state index is 13.4. The first-order valence-corrected chi connectivity index (χ1v) is 8.71. The van der Waals surface area contributed by atoms with Crippen molar-refractivity contribution in [3.05, 3.63) is 30.1 Å². The minimum absolute atomic E-state index is 0.0324. The Bertz CT molecular complexity index is 707.